The van der Waals surface area contributed by atoms with Gasteiger partial charge in [-0.05, 0) is 50.8 Å². The molecule has 0 bridgehead atoms. The summed E-state index contributed by atoms with van der Waals surface area (Å²) in [6, 6.07) is 7.59. The van der Waals surface area contributed by atoms with Gasteiger partial charge in [-0.25, -0.2) is 0 Å². The van der Waals surface area contributed by atoms with E-state index in [1.165, 1.54) is 19.5 Å². The second kappa shape index (κ2) is 6.61. The Balaban J connectivity index is 1.70. The Hall–Kier alpha value is -1.26. The molecule has 0 spiro atoms. The van der Waals surface area contributed by atoms with E-state index in [2.05, 4.69) is 16.8 Å². The molecule has 1 saturated heterocycles. The first kappa shape index (κ1) is 13.2. The van der Waals surface area contributed by atoms with Gasteiger partial charge in [-0.1, -0.05) is 0 Å². The Kier molecular flexibility index (Phi) is 4.84. The number of nitrogens with two attached hydrogens (primary N) is 1. The first-order valence-corrected chi connectivity index (χ1v) is 6.63. The van der Waals surface area contributed by atoms with Crippen molar-refractivity contribution in [2.24, 2.45) is 0 Å². The molecule has 2 N–H and O–H groups in total. The van der Waals surface area contributed by atoms with Crippen LogP contribution >= 0.6 is 0 Å². The van der Waals surface area contributed by atoms with E-state index >= 15 is 0 Å². The average Bonchev–Trinajstić information content (AvgIpc) is 2.57. The highest BCUT2D eigenvalue weighted by molar-refractivity contribution is 5.41. The molecule has 4 nitrogen and oxygen atoms in total. The van der Waals surface area contributed by atoms with E-state index in [0.717, 1.165) is 37.7 Å². The fourth-order valence-corrected chi connectivity index (χ4v) is 2.18. The Morgan fingerprint density at radius 3 is 2.67 bits per heavy atom. The van der Waals surface area contributed by atoms with Crippen molar-refractivity contribution in [3.05, 3.63) is 24.3 Å². The lowest BCUT2D eigenvalue weighted by Crippen LogP contribution is -2.32. The summed E-state index contributed by atoms with van der Waals surface area (Å²) in [5, 5.41) is 0. The first-order valence-electron chi connectivity index (χ1n) is 6.63. The molecule has 0 aliphatic carbocycles. The predicted octanol–water partition coefficient (Wildman–Crippen LogP) is 1.29. The summed E-state index contributed by atoms with van der Waals surface area (Å²) >= 11 is 0. The zero-order valence-electron chi connectivity index (χ0n) is 11.1. The van der Waals surface area contributed by atoms with Crippen LogP contribution in [0.3, 0.4) is 0 Å². The maximum atomic E-state index is 5.72. The summed E-state index contributed by atoms with van der Waals surface area (Å²) in [5.74, 6) is 0.899. The quantitative estimate of drug-likeness (QED) is 0.816. The zero-order valence-corrected chi connectivity index (χ0v) is 11.1. The largest absolute Gasteiger partial charge is 0.492 e. The Bertz CT molecular complexity index is 353. The minimum absolute atomic E-state index is 0.744. The van der Waals surface area contributed by atoms with Crippen LogP contribution in [0.25, 0.3) is 0 Å². The lowest BCUT2D eigenvalue weighted by atomic mass is 10.3. The van der Waals surface area contributed by atoms with Crippen molar-refractivity contribution in [2.45, 2.75) is 6.42 Å². The summed E-state index contributed by atoms with van der Waals surface area (Å²) in [4.78, 5) is 4.86. The molecular weight excluding hydrogens is 226 g/mol. The van der Waals surface area contributed by atoms with Crippen LogP contribution in [0.4, 0.5) is 5.69 Å². The Morgan fingerprint density at radius 1 is 1.11 bits per heavy atom. The molecule has 1 aliphatic heterocycles. The molecule has 1 aromatic rings. The lowest BCUT2D eigenvalue weighted by molar-refractivity contribution is 0.213. The topological polar surface area (TPSA) is 41.7 Å². The van der Waals surface area contributed by atoms with Gasteiger partial charge in [-0.15, -0.1) is 0 Å². The molecule has 0 saturated carbocycles. The number of likely N-dealkylation sites (N-methyl/N-ethyl adjacent to an activating group) is 1. The van der Waals surface area contributed by atoms with Gasteiger partial charge >= 0.3 is 0 Å². The number of anilines is 1. The summed E-state index contributed by atoms with van der Waals surface area (Å²) < 4.78 is 5.72. The molecule has 1 aromatic carbocycles. The normalized spacial score (nSPS) is 18.5. The van der Waals surface area contributed by atoms with Crippen LogP contribution in [-0.4, -0.2) is 56.2 Å². The van der Waals surface area contributed by atoms with Gasteiger partial charge in [0.05, 0.1) is 0 Å². The van der Waals surface area contributed by atoms with Crippen molar-refractivity contribution < 1.29 is 4.74 Å². The summed E-state index contributed by atoms with van der Waals surface area (Å²) in [5.41, 5.74) is 6.41. The summed E-state index contributed by atoms with van der Waals surface area (Å²) in [6.07, 6.45) is 1.25. The number of hydrogen-bond donors (Lipinski definition) is 1. The van der Waals surface area contributed by atoms with Gasteiger partial charge in [-0.2, -0.15) is 0 Å². The molecule has 0 atom stereocenters. The Morgan fingerprint density at radius 2 is 1.89 bits per heavy atom. The van der Waals surface area contributed by atoms with Crippen molar-refractivity contribution >= 4 is 5.69 Å². The van der Waals surface area contributed by atoms with Gasteiger partial charge in [0.1, 0.15) is 12.4 Å². The summed E-state index contributed by atoms with van der Waals surface area (Å²) in [6.45, 7) is 6.42. The number of rotatable bonds is 4. The van der Waals surface area contributed by atoms with Crippen molar-refractivity contribution in [3.63, 3.8) is 0 Å². The second-order valence-electron chi connectivity index (χ2n) is 4.92. The molecule has 2 rings (SSSR count). The first-order chi connectivity index (χ1) is 8.74. The highest BCUT2D eigenvalue weighted by Gasteiger charge is 2.11. The third-order valence-electron chi connectivity index (χ3n) is 3.37. The fraction of sp³-hybridized carbons (Fsp3) is 0.571. The molecule has 4 heteroatoms. The third kappa shape index (κ3) is 4.20. The van der Waals surface area contributed by atoms with Crippen molar-refractivity contribution in [1.82, 2.24) is 9.80 Å². The average molecular weight is 249 g/mol. The molecular formula is C14H23N3O. The minimum Gasteiger partial charge on any atom is -0.492 e. The van der Waals surface area contributed by atoms with Crippen LogP contribution in [0.5, 0.6) is 5.75 Å². The predicted molar refractivity (Wildman–Crippen MR) is 74.9 cm³/mol. The van der Waals surface area contributed by atoms with E-state index in [-0.39, 0.29) is 0 Å². The number of nitrogen functional groups attached to an aromatic ring is 1. The summed E-state index contributed by atoms with van der Waals surface area (Å²) in [7, 11) is 2.19. The molecule has 18 heavy (non-hydrogen) atoms. The standard InChI is InChI=1S/C14H23N3O/c1-16-7-2-8-17(10-9-16)11-12-18-14-5-3-13(15)4-6-14/h3-6H,2,7-12,15H2,1H3. The maximum absolute atomic E-state index is 5.72. The number of benzene rings is 1. The van der Waals surface area contributed by atoms with Crippen LogP contribution < -0.4 is 10.5 Å². The van der Waals surface area contributed by atoms with Crippen molar-refractivity contribution in [2.75, 3.05) is 52.1 Å². The highest BCUT2D eigenvalue weighted by Crippen LogP contribution is 2.13. The fourth-order valence-electron chi connectivity index (χ4n) is 2.18. The van der Waals surface area contributed by atoms with Gasteiger partial charge in [-0.3, -0.25) is 4.90 Å². The van der Waals surface area contributed by atoms with Crippen LogP contribution in [-0.2, 0) is 0 Å². The van der Waals surface area contributed by atoms with Gasteiger partial charge in [0.15, 0.2) is 0 Å². The second-order valence-corrected chi connectivity index (χ2v) is 4.92. The van der Waals surface area contributed by atoms with Crippen LogP contribution in [0.2, 0.25) is 0 Å². The number of hydrogen-bond acceptors (Lipinski definition) is 4. The van der Waals surface area contributed by atoms with E-state index in [9.17, 15) is 0 Å². The molecule has 1 fully saturated rings. The van der Waals surface area contributed by atoms with Crippen molar-refractivity contribution in [3.8, 4) is 5.75 Å². The van der Waals surface area contributed by atoms with E-state index in [1.807, 2.05) is 24.3 Å². The zero-order chi connectivity index (χ0) is 12.8. The molecule has 0 unspecified atom stereocenters. The highest BCUT2D eigenvalue weighted by atomic mass is 16.5. The van der Waals surface area contributed by atoms with E-state index in [1.54, 1.807) is 0 Å². The minimum atomic E-state index is 0.744. The number of ether oxygens (including phenoxy) is 1. The van der Waals surface area contributed by atoms with Gasteiger partial charge in [0.2, 0.25) is 0 Å². The molecule has 1 aliphatic rings. The molecule has 100 valence electrons. The lowest BCUT2D eigenvalue weighted by Gasteiger charge is -2.20. The third-order valence-corrected chi connectivity index (χ3v) is 3.37. The van der Waals surface area contributed by atoms with Crippen molar-refractivity contribution in [1.29, 1.82) is 0 Å². The maximum Gasteiger partial charge on any atom is 0.119 e. The number of nitrogens with zero attached hydrogens (tertiary/aromatic N) is 2. The van der Waals surface area contributed by atoms with E-state index < -0.39 is 0 Å². The van der Waals surface area contributed by atoms with Gasteiger partial charge in [0, 0.05) is 25.3 Å². The van der Waals surface area contributed by atoms with E-state index in [4.69, 9.17) is 10.5 Å². The van der Waals surface area contributed by atoms with E-state index in [0.29, 0.717) is 0 Å². The monoisotopic (exact) mass is 249 g/mol. The molecule has 0 amide bonds. The van der Waals surface area contributed by atoms with Crippen LogP contribution in [0, 0.1) is 0 Å². The van der Waals surface area contributed by atoms with Crippen LogP contribution in [0.15, 0.2) is 24.3 Å². The smallest absolute Gasteiger partial charge is 0.119 e. The SMILES string of the molecule is CN1CCCN(CCOc2ccc(N)cc2)CC1. The van der Waals surface area contributed by atoms with Gasteiger partial charge in [0.25, 0.3) is 0 Å². The van der Waals surface area contributed by atoms with Gasteiger partial charge < -0.3 is 15.4 Å². The Labute approximate surface area is 109 Å². The molecule has 0 aromatic heterocycles. The molecule has 0 radical (unpaired) electrons. The van der Waals surface area contributed by atoms with Crippen LogP contribution in [0.1, 0.15) is 6.42 Å². The molecule has 1 heterocycles.